The van der Waals surface area contributed by atoms with Crippen LogP contribution in [-0.4, -0.2) is 25.6 Å². The number of benzene rings is 1. The zero-order valence-corrected chi connectivity index (χ0v) is 13.6. The molecule has 0 saturated heterocycles. The zero-order chi connectivity index (χ0) is 15.7. The number of hydrogen-bond donors (Lipinski definition) is 2. The summed E-state index contributed by atoms with van der Waals surface area (Å²) in [7, 11) is 0. The number of rotatable bonds is 9. The Morgan fingerprint density at radius 2 is 1.86 bits per heavy atom. The van der Waals surface area contributed by atoms with Gasteiger partial charge < -0.3 is 15.4 Å². The summed E-state index contributed by atoms with van der Waals surface area (Å²) in [5.41, 5.74) is 1.22. The molecule has 0 saturated carbocycles. The van der Waals surface area contributed by atoms with Gasteiger partial charge in [0.15, 0.2) is 6.61 Å². The molecule has 21 heavy (non-hydrogen) atoms. The number of hydrogen-bond acceptors (Lipinski definition) is 3. The van der Waals surface area contributed by atoms with Crippen LogP contribution in [0.4, 0.5) is 0 Å². The minimum Gasteiger partial charge on any atom is -0.484 e. The number of amides is 1. The van der Waals surface area contributed by atoms with E-state index < -0.39 is 0 Å². The van der Waals surface area contributed by atoms with Crippen molar-refractivity contribution in [1.29, 1.82) is 0 Å². The molecule has 0 bridgehead atoms. The SMILES string of the molecule is CCCNC(C)c1ccc(OCC(=O)NCC(C)C)cc1. The normalized spacial score (nSPS) is 12.2. The molecule has 0 radical (unpaired) electrons. The highest BCUT2D eigenvalue weighted by molar-refractivity contribution is 5.77. The molecule has 2 N–H and O–H groups in total. The van der Waals surface area contributed by atoms with Gasteiger partial charge in [-0.15, -0.1) is 0 Å². The van der Waals surface area contributed by atoms with Crippen LogP contribution in [0.15, 0.2) is 24.3 Å². The fourth-order valence-electron chi connectivity index (χ4n) is 1.85. The van der Waals surface area contributed by atoms with Gasteiger partial charge in [-0.2, -0.15) is 0 Å². The Balaban J connectivity index is 2.38. The predicted molar refractivity (Wildman–Crippen MR) is 86.5 cm³/mol. The van der Waals surface area contributed by atoms with Gasteiger partial charge >= 0.3 is 0 Å². The van der Waals surface area contributed by atoms with Crippen molar-refractivity contribution < 1.29 is 9.53 Å². The number of nitrogens with one attached hydrogen (secondary N) is 2. The minimum absolute atomic E-state index is 0.0652. The Hall–Kier alpha value is -1.55. The fraction of sp³-hybridized carbons (Fsp3) is 0.588. The van der Waals surface area contributed by atoms with Crippen LogP contribution in [-0.2, 0) is 4.79 Å². The van der Waals surface area contributed by atoms with Gasteiger partial charge in [0, 0.05) is 12.6 Å². The maximum Gasteiger partial charge on any atom is 0.257 e. The third-order valence-electron chi connectivity index (χ3n) is 3.16. The second-order valence-corrected chi connectivity index (χ2v) is 5.73. The smallest absolute Gasteiger partial charge is 0.257 e. The van der Waals surface area contributed by atoms with Crippen LogP contribution in [0.5, 0.6) is 5.75 Å². The Kier molecular flexibility index (Phi) is 7.83. The van der Waals surface area contributed by atoms with Gasteiger partial charge in [0.2, 0.25) is 0 Å². The van der Waals surface area contributed by atoms with E-state index in [0.717, 1.165) is 18.7 Å². The minimum atomic E-state index is -0.0780. The van der Waals surface area contributed by atoms with Crippen molar-refractivity contribution in [1.82, 2.24) is 10.6 Å². The standard InChI is InChI=1S/C17H28N2O2/c1-5-10-18-14(4)15-6-8-16(9-7-15)21-12-17(20)19-11-13(2)3/h6-9,13-14,18H,5,10-12H2,1-4H3,(H,19,20). The third-order valence-corrected chi connectivity index (χ3v) is 3.16. The summed E-state index contributed by atoms with van der Waals surface area (Å²) >= 11 is 0. The first-order valence-electron chi connectivity index (χ1n) is 7.75. The van der Waals surface area contributed by atoms with Gasteiger partial charge in [0.1, 0.15) is 5.75 Å². The second-order valence-electron chi connectivity index (χ2n) is 5.73. The van der Waals surface area contributed by atoms with Crippen LogP contribution >= 0.6 is 0 Å². The summed E-state index contributed by atoms with van der Waals surface area (Å²) in [6.07, 6.45) is 1.12. The van der Waals surface area contributed by atoms with Crippen LogP contribution in [0, 0.1) is 5.92 Å². The average Bonchev–Trinajstić information content (AvgIpc) is 2.49. The molecular weight excluding hydrogens is 264 g/mol. The van der Waals surface area contributed by atoms with Crippen molar-refractivity contribution in [2.24, 2.45) is 5.92 Å². The van der Waals surface area contributed by atoms with Gasteiger partial charge in [-0.1, -0.05) is 32.9 Å². The Labute approximate surface area is 128 Å². The van der Waals surface area contributed by atoms with E-state index in [2.05, 4.69) is 38.3 Å². The number of ether oxygens (including phenoxy) is 1. The average molecular weight is 292 g/mol. The molecule has 0 heterocycles. The number of carbonyl (C=O) groups is 1. The van der Waals surface area contributed by atoms with E-state index in [1.165, 1.54) is 5.56 Å². The van der Waals surface area contributed by atoms with Crippen LogP contribution in [0.2, 0.25) is 0 Å². The Morgan fingerprint density at radius 1 is 1.19 bits per heavy atom. The molecule has 1 aromatic rings. The molecule has 4 heteroatoms. The topological polar surface area (TPSA) is 50.4 Å². The van der Waals surface area contributed by atoms with Crippen LogP contribution in [0.3, 0.4) is 0 Å². The molecule has 1 aromatic carbocycles. The zero-order valence-electron chi connectivity index (χ0n) is 13.6. The first-order valence-corrected chi connectivity index (χ1v) is 7.75. The van der Waals surface area contributed by atoms with Crippen molar-refractivity contribution >= 4 is 5.91 Å². The van der Waals surface area contributed by atoms with E-state index in [1.54, 1.807) is 0 Å². The van der Waals surface area contributed by atoms with E-state index in [0.29, 0.717) is 18.5 Å². The van der Waals surface area contributed by atoms with Crippen molar-refractivity contribution in [3.05, 3.63) is 29.8 Å². The molecule has 1 unspecified atom stereocenters. The van der Waals surface area contributed by atoms with Gasteiger partial charge in [-0.05, 0) is 43.5 Å². The highest BCUT2D eigenvalue weighted by Crippen LogP contribution is 2.17. The summed E-state index contributed by atoms with van der Waals surface area (Å²) in [6, 6.07) is 8.22. The van der Waals surface area contributed by atoms with Gasteiger partial charge in [-0.3, -0.25) is 4.79 Å². The molecule has 0 aromatic heterocycles. The summed E-state index contributed by atoms with van der Waals surface area (Å²) < 4.78 is 5.48. The molecule has 1 atom stereocenters. The van der Waals surface area contributed by atoms with E-state index in [9.17, 15) is 4.79 Å². The molecular formula is C17H28N2O2. The van der Waals surface area contributed by atoms with Crippen LogP contribution in [0.25, 0.3) is 0 Å². The van der Waals surface area contributed by atoms with E-state index in [1.807, 2.05) is 24.3 Å². The lowest BCUT2D eigenvalue weighted by molar-refractivity contribution is -0.123. The van der Waals surface area contributed by atoms with Crippen molar-refractivity contribution in [2.75, 3.05) is 19.7 Å². The van der Waals surface area contributed by atoms with Crippen molar-refractivity contribution in [2.45, 2.75) is 40.2 Å². The highest BCUT2D eigenvalue weighted by Gasteiger charge is 2.06. The molecule has 0 aliphatic heterocycles. The second kappa shape index (κ2) is 9.40. The molecule has 0 aliphatic rings. The Bertz CT molecular complexity index is 415. The number of carbonyl (C=O) groups excluding carboxylic acids is 1. The molecule has 4 nitrogen and oxygen atoms in total. The van der Waals surface area contributed by atoms with Gasteiger partial charge in [0.25, 0.3) is 5.91 Å². The van der Waals surface area contributed by atoms with E-state index >= 15 is 0 Å². The first-order chi connectivity index (χ1) is 10.0. The third kappa shape index (κ3) is 7.14. The maximum atomic E-state index is 11.6. The summed E-state index contributed by atoms with van der Waals surface area (Å²) in [5.74, 6) is 1.09. The van der Waals surface area contributed by atoms with Crippen molar-refractivity contribution in [3.63, 3.8) is 0 Å². The molecule has 1 amide bonds. The Morgan fingerprint density at radius 3 is 2.43 bits per heavy atom. The molecule has 118 valence electrons. The van der Waals surface area contributed by atoms with Gasteiger partial charge in [-0.25, -0.2) is 0 Å². The quantitative estimate of drug-likeness (QED) is 0.736. The summed E-state index contributed by atoms with van der Waals surface area (Å²) in [5, 5.41) is 6.27. The van der Waals surface area contributed by atoms with Crippen LogP contribution < -0.4 is 15.4 Å². The van der Waals surface area contributed by atoms with Crippen molar-refractivity contribution in [3.8, 4) is 5.75 Å². The lowest BCUT2D eigenvalue weighted by atomic mass is 10.1. The molecule has 0 fully saturated rings. The summed E-state index contributed by atoms with van der Waals surface area (Å²) in [6.45, 7) is 10.2. The molecule has 0 spiro atoms. The maximum absolute atomic E-state index is 11.6. The fourth-order valence-corrected chi connectivity index (χ4v) is 1.85. The van der Waals surface area contributed by atoms with E-state index in [4.69, 9.17) is 4.74 Å². The molecule has 1 rings (SSSR count). The lowest BCUT2D eigenvalue weighted by Gasteiger charge is -2.14. The summed E-state index contributed by atoms with van der Waals surface area (Å²) in [4.78, 5) is 11.6. The lowest BCUT2D eigenvalue weighted by Crippen LogP contribution is -2.31. The predicted octanol–water partition coefficient (Wildman–Crippen LogP) is 2.90. The molecule has 0 aliphatic carbocycles. The highest BCUT2D eigenvalue weighted by atomic mass is 16.5. The first kappa shape index (κ1) is 17.5. The largest absolute Gasteiger partial charge is 0.484 e. The van der Waals surface area contributed by atoms with Gasteiger partial charge in [0.05, 0.1) is 0 Å². The van der Waals surface area contributed by atoms with Crippen LogP contribution in [0.1, 0.15) is 45.7 Å². The van der Waals surface area contributed by atoms with E-state index in [-0.39, 0.29) is 12.5 Å². The monoisotopic (exact) mass is 292 g/mol.